The average molecular weight is 336 g/mol. The smallest absolute Gasteiger partial charge is 0.255 e. The van der Waals surface area contributed by atoms with Crippen LogP contribution in [0.2, 0.25) is 0 Å². The standard InChI is InChI=1S/C13H14BrN5O/c1-8-2-3-9(5-16-8)6-18-13(20)11-4-10(14)7-17-12(11)19-15/h2-5,7H,6,15H2,1H3,(H,17,19)(H,18,20). The molecule has 0 radical (unpaired) electrons. The summed E-state index contributed by atoms with van der Waals surface area (Å²) in [6.45, 7) is 2.30. The first-order valence-electron chi connectivity index (χ1n) is 5.92. The highest BCUT2D eigenvalue weighted by Crippen LogP contribution is 2.17. The number of hydrazine groups is 1. The third kappa shape index (κ3) is 3.52. The van der Waals surface area contributed by atoms with Gasteiger partial charge in [-0.1, -0.05) is 6.07 Å². The van der Waals surface area contributed by atoms with Crippen molar-refractivity contribution >= 4 is 27.7 Å². The minimum absolute atomic E-state index is 0.257. The number of nitrogens with zero attached hydrogens (tertiary/aromatic N) is 2. The number of halogens is 1. The van der Waals surface area contributed by atoms with E-state index in [2.05, 4.69) is 36.6 Å². The molecule has 0 aromatic carbocycles. The largest absolute Gasteiger partial charge is 0.348 e. The van der Waals surface area contributed by atoms with Crippen LogP contribution in [0.1, 0.15) is 21.6 Å². The number of nitrogens with two attached hydrogens (primary N) is 1. The second kappa shape index (κ2) is 6.44. The molecule has 1 amide bonds. The van der Waals surface area contributed by atoms with Crippen LogP contribution < -0.4 is 16.6 Å². The van der Waals surface area contributed by atoms with Crippen molar-refractivity contribution in [2.24, 2.45) is 5.84 Å². The van der Waals surface area contributed by atoms with Gasteiger partial charge in [0.1, 0.15) is 0 Å². The summed E-state index contributed by atoms with van der Waals surface area (Å²) >= 11 is 3.28. The van der Waals surface area contributed by atoms with Crippen molar-refractivity contribution in [3.8, 4) is 0 Å². The molecule has 0 atom stereocenters. The summed E-state index contributed by atoms with van der Waals surface area (Å²) in [7, 11) is 0. The minimum Gasteiger partial charge on any atom is -0.348 e. The van der Waals surface area contributed by atoms with Gasteiger partial charge in [-0.25, -0.2) is 10.8 Å². The van der Waals surface area contributed by atoms with Crippen molar-refractivity contribution in [1.29, 1.82) is 0 Å². The van der Waals surface area contributed by atoms with E-state index in [0.717, 1.165) is 11.3 Å². The summed E-state index contributed by atoms with van der Waals surface area (Å²) in [5, 5.41) is 2.80. The van der Waals surface area contributed by atoms with Crippen molar-refractivity contribution in [3.05, 3.63) is 51.9 Å². The number of carbonyl (C=O) groups excluding carboxylic acids is 1. The normalized spacial score (nSPS) is 10.2. The van der Waals surface area contributed by atoms with Crippen LogP contribution >= 0.6 is 15.9 Å². The maximum atomic E-state index is 12.1. The predicted molar refractivity (Wildman–Crippen MR) is 79.9 cm³/mol. The maximum Gasteiger partial charge on any atom is 0.255 e. The SMILES string of the molecule is Cc1ccc(CNC(=O)c2cc(Br)cnc2NN)cn1. The molecule has 0 fully saturated rings. The summed E-state index contributed by atoms with van der Waals surface area (Å²) in [4.78, 5) is 20.3. The van der Waals surface area contributed by atoms with Crippen LogP contribution in [0.5, 0.6) is 0 Å². The highest BCUT2D eigenvalue weighted by atomic mass is 79.9. The molecule has 0 aliphatic carbocycles. The third-order valence-electron chi connectivity index (χ3n) is 2.66. The quantitative estimate of drug-likeness (QED) is 0.584. The van der Waals surface area contributed by atoms with Crippen LogP contribution in [0.15, 0.2) is 35.1 Å². The number of carbonyl (C=O) groups is 1. The molecule has 7 heteroatoms. The van der Waals surface area contributed by atoms with Crippen molar-refractivity contribution in [3.63, 3.8) is 0 Å². The van der Waals surface area contributed by atoms with E-state index < -0.39 is 0 Å². The molecule has 20 heavy (non-hydrogen) atoms. The van der Waals surface area contributed by atoms with Crippen molar-refractivity contribution in [2.45, 2.75) is 13.5 Å². The first-order valence-corrected chi connectivity index (χ1v) is 6.71. The van der Waals surface area contributed by atoms with E-state index in [-0.39, 0.29) is 5.91 Å². The lowest BCUT2D eigenvalue weighted by atomic mass is 10.2. The topological polar surface area (TPSA) is 92.9 Å². The maximum absolute atomic E-state index is 12.1. The summed E-state index contributed by atoms with van der Waals surface area (Å²) in [5.41, 5.74) is 4.64. The molecule has 0 saturated carbocycles. The van der Waals surface area contributed by atoms with E-state index in [1.165, 1.54) is 0 Å². The van der Waals surface area contributed by atoms with Crippen LogP contribution in [0.4, 0.5) is 5.82 Å². The summed E-state index contributed by atoms with van der Waals surface area (Å²) in [6, 6.07) is 5.48. The molecule has 104 valence electrons. The number of nitrogen functional groups attached to an aromatic ring is 1. The Morgan fingerprint density at radius 3 is 2.80 bits per heavy atom. The second-order valence-corrected chi connectivity index (χ2v) is 5.10. The minimum atomic E-state index is -0.257. The van der Waals surface area contributed by atoms with Gasteiger partial charge in [0.25, 0.3) is 5.91 Å². The Balaban J connectivity index is 2.08. The van der Waals surface area contributed by atoms with Crippen LogP contribution in [-0.2, 0) is 6.54 Å². The van der Waals surface area contributed by atoms with Crippen molar-refractivity contribution < 1.29 is 4.79 Å². The molecule has 0 spiro atoms. The van der Waals surface area contributed by atoms with E-state index in [1.807, 2.05) is 19.1 Å². The zero-order valence-electron chi connectivity index (χ0n) is 10.9. The number of aryl methyl sites for hydroxylation is 1. The molecule has 4 N–H and O–H groups in total. The van der Waals surface area contributed by atoms with E-state index in [1.54, 1.807) is 18.5 Å². The Labute approximate surface area is 124 Å². The predicted octanol–water partition coefficient (Wildman–Crippen LogP) is 1.76. The molecule has 2 heterocycles. The number of rotatable bonds is 4. The lowest BCUT2D eigenvalue weighted by molar-refractivity contribution is 0.0951. The monoisotopic (exact) mass is 335 g/mol. The molecule has 0 bridgehead atoms. The molecular weight excluding hydrogens is 322 g/mol. The molecule has 6 nitrogen and oxygen atoms in total. The fourth-order valence-electron chi connectivity index (χ4n) is 1.61. The van der Waals surface area contributed by atoms with Gasteiger partial charge >= 0.3 is 0 Å². The van der Waals surface area contributed by atoms with Gasteiger partial charge in [-0.3, -0.25) is 9.78 Å². The average Bonchev–Trinajstić information content (AvgIpc) is 2.46. The first-order chi connectivity index (χ1) is 9.60. The highest BCUT2D eigenvalue weighted by molar-refractivity contribution is 9.10. The van der Waals surface area contributed by atoms with E-state index in [0.29, 0.717) is 22.4 Å². The van der Waals surface area contributed by atoms with Gasteiger partial charge in [0, 0.05) is 29.1 Å². The number of nitrogens with one attached hydrogen (secondary N) is 2. The highest BCUT2D eigenvalue weighted by Gasteiger charge is 2.12. The summed E-state index contributed by atoms with van der Waals surface area (Å²) < 4.78 is 0.707. The van der Waals surface area contributed by atoms with Crippen molar-refractivity contribution in [1.82, 2.24) is 15.3 Å². The Hall–Kier alpha value is -1.99. The fourth-order valence-corrected chi connectivity index (χ4v) is 1.94. The van der Waals surface area contributed by atoms with Gasteiger partial charge in [0.2, 0.25) is 0 Å². The van der Waals surface area contributed by atoms with E-state index >= 15 is 0 Å². The van der Waals surface area contributed by atoms with Crippen molar-refractivity contribution in [2.75, 3.05) is 5.43 Å². The Morgan fingerprint density at radius 1 is 1.35 bits per heavy atom. The summed E-state index contributed by atoms with van der Waals surface area (Å²) in [6.07, 6.45) is 3.30. The van der Waals surface area contributed by atoms with Gasteiger partial charge in [0.15, 0.2) is 5.82 Å². The van der Waals surface area contributed by atoms with Gasteiger partial charge in [0.05, 0.1) is 5.56 Å². The Morgan fingerprint density at radius 2 is 2.15 bits per heavy atom. The lowest BCUT2D eigenvalue weighted by Crippen LogP contribution is -2.25. The van der Waals surface area contributed by atoms with Gasteiger partial charge in [-0.05, 0) is 40.5 Å². The zero-order valence-corrected chi connectivity index (χ0v) is 12.4. The zero-order chi connectivity index (χ0) is 14.5. The van der Waals surface area contributed by atoms with E-state index in [9.17, 15) is 4.79 Å². The van der Waals surface area contributed by atoms with Crippen LogP contribution in [0.3, 0.4) is 0 Å². The molecule has 2 aromatic rings. The molecule has 0 aliphatic rings. The Kier molecular flexibility index (Phi) is 4.65. The number of amides is 1. The summed E-state index contributed by atoms with van der Waals surface area (Å²) in [5.74, 6) is 5.41. The molecular formula is C13H14BrN5O. The molecule has 0 unspecified atom stereocenters. The number of hydrogen-bond acceptors (Lipinski definition) is 5. The van der Waals surface area contributed by atoms with Gasteiger partial charge in [-0.15, -0.1) is 0 Å². The third-order valence-corrected chi connectivity index (χ3v) is 3.10. The molecule has 2 rings (SSSR count). The Bertz CT molecular complexity index is 615. The molecule has 2 aromatic heterocycles. The van der Waals surface area contributed by atoms with Crippen LogP contribution in [-0.4, -0.2) is 15.9 Å². The first kappa shape index (κ1) is 14.4. The number of pyridine rings is 2. The lowest BCUT2D eigenvalue weighted by Gasteiger charge is -2.09. The second-order valence-electron chi connectivity index (χ2n) is 4.18. The number of anilines is 1. The number of hydrogen-bond donors (Lipinski definition) is 3. The van der Waals surface area contributed by atoms with Crippen LogP contribution in [0, 0.1) is 6.92 Å². The van der Waals surface area contributed by atoms with Crippen LogP contribution in [0.25, 0.3) is 0 Å². The fraction of sp³-hybridized carbons (Fsp3) is 0.154. The number of aromatic nitrogens is 2. The van der Waals surface area contributed by atoms with Gasteiger partial charge in [-0.2, -0.15) is 0 Å². The van der Waals surface area contributed by atoms with E-state index in [4.69, 9.17) is 5.84 Å². The molecule has 0 aliphatic heterocycles. The van der Waals surface area contributed by atoms with Gasteiger partial charge < -0.3 is 10.7 Å². The molecule has 0 saturated heterocycles.